The molecule has 1 fully saturated rings. The molecule has 0 aliphatic heterocycles. The van der Waals surface area contributed by atoms with Crippen molar-refractivity contribution in [2.45, 2.75) is 31.8 Å². The van der Waals surface area contributed by atoms with Gasteiger partial charge in [-0.15, -0.1) is 0 Å². The fraction of sp³-hybridized carbons (Fsp3) is 0.400. The number of carbonyl (C=O) groups is 1. The van der Waals surface area contributed by atoms with E-state index in [0.717, 1.165) is 35.7 Å². The molecule has 0 atom stereocenters. The number of amides is 1. The molecule has 4 heteroatoms. The maximum atomic E-state index is 12.0. The van der Waals surface area contributed by atoms with Crippen LogP contribution in [0.2, 0.25) is 0 Å². The Morgan fingerprint density at radius 3 is 2.89 bits per heavy atom. The van der Waals surface area contributed by atoms with E-state index in [1.54, 1.807) is 0 Å². The Labute approximate surface area is 111 Å². The zero-order valence-corrected chi connectivity index (χ0v) is 11.0. The number of rotatable bonds is 3. The Morgan fingerprint density at radius 1 is 1.42 bits per heavy atom. The average molecular weight is 258 g/mol. The summed E-state index contributed by atoms with van der Waals surface area (Å²) in [6.45, 7) is 2.35. The molecule has 3 rings (SSSR count). The number of aromatic nitrogens is 1. The van der Waals surface area contributed by atoms with Crippen molar-refractivity contribution in [1.29, 1.82) is 0 Å². The van der Waals surface area contributed by atoms with Crippen LogP contribution in [0, 0.1) is 6.92 Å². The minimum atomic E-state index is -0.682. The monoisotopic (exact) mass is 258 g/mol. The molecule has 1 heterocycles. The number of nitrogens with one attached hydrogen (secondary N) is 2. The number of aromatic amines is 1. The summed E-state index contributed by atoms with van der Waals surface area (Å²) in [5, 5.41) is 13.8. The van der Waals surface area contributed by atoms with Crippen LogP contribution in [0.4, 0.5) is 0 Å². The minimum absolute atomic E-state index is 0.158. The molecule has 3 N–H and O–H groups in total. The Kier molecular flexibility index (Phi) is 2.82. The van der Waals surface area contributed by atoms with E-state index < -0.39 is 5.60 Å². The van der Waals surface area contributed by atoms with Crippen LogP contribution >= 0.6 is 0 Å². The molecule has 100 valence electrons. The smallest absolute Gasteiger partial charge is 0.267 e. The third-order valence-corrected chi connectivity index (χ3v) is 3.88. The highest BCUT2D eigenvalue weighted by Gasteiger charge is 2.34. The van der Waals surface area contributed by atoms with Crippen LogP contribution in [0.15, 0.2) is 24.3 Å². The highest BCUT2D eigenvalue weighted by Crippen LogP contribution is 2.30. The molecule has 1 aromatic heterocycles. The van der Waals surface area contributed by atoms with E-state index >= 15 is 0 Å². The zero-order chi connectivity index (χ0) is 13.5. The van der Waals surface area contributed by atoms with Crippen LogP contribution in [0.3, 0.4) is 0 Å². The normalized spacial score (nSPS) is 17.2. The predicted octanol–water partition coefficient (Wildman–Crippen LogP) is 2.12. The van der Waals surface area contributed by atoms with E-state index in [4.69, 9.17) is 0 Å². The second-order valence-corrected chi connectivity index (χ2v) is 5.53. The number of aryl methyl sites for hydroxylation is 1. The predicted molar refractivity (Wildman–Crippen MR) is 74.2 cm³/mol. The number of hydrogen-bond donors (Lipinski definition) is 3. The molecular formula is C15H18N2O2. The van der Waals surface area contributed by atoms with Gasteiger partial charge in [0.05, 0.1) is 5.60 Å². The topological polar surface area (TPSA) is 65.1 Å². The minimum Gasteiger partial charge on any atom is -0.388 e. The first-order chi connectivity index (χ1) is 9.06. The summed E-state index contributed by atoms with van der Waals surface area (Å²) in [5.74, 6) is -0.158. The molecule has 0 unspecified atom stereocenters. The van der Waals surface area contributed by atoms with E-state index in [1.165, 1.54) is 0 Å². The first-order valence-electron chi connectivity index (χ1n) is 6.66. The van der Waals surface area contributed by atoms with E-state index in [2.05, 4.69) is 10.3 Å². The second-order valence-electron chi connectivity index (χ2n) is 5.53. The summed E-state index contributed by atoms with van der Waals surface area (Å²) in [6, 6.07) is 7.88. The number of benzene rings is 1. The van der Waals surface area contributed by atoms with Crippen molar-refractivity contribution in [2.75, 3.05) is 6.54 Å². The van der Waals surface area contributed by atoms with Gasteiger partial charge in [-0.05, 0) is 43.9 Å². The lowest BCUT2D eigenvalue weighted by Gasteiger charge is -2.36. The van der Waals surface area contributed by atoms with Crippen LogP contribution in [0.25, 0.3) is 10.9 Å². The molecule has 4 nitrogen and oxygen atoms in total. The Bertz CT molecular complexity index is 626. The Balaban J connectivity index is 1.74. The van der Waals surface area contributed by atoms with Gasteiger partial charge in [0.2, 0.25) is 0 Å². The van der Waals surface area contributed by atoms with Crippen molar-refractivity contribution in [2.24, 2.45) is 0 Å². The zero-order valence-electron chi connectivity index (χ0n) is 11.0. The number of hydrogen-bond acceptors (Lipinski definition) is 2. The molecule has 19 heavy (non-hydrogen) atoms. The molecule has 0 saturated heterocycles. The highest BCUT2D eigenvalue weighted by atomic mass is 16.3. The lowest BCUT2D eigenvalue weighted by atomic mass is 9.80. The third-order valence-electron chi connectivity index (χ3n) is 3.88. The third kappa shape index (κ3) is 2.36. The fourth-order valence-electron chi connectivity index (χ4n) is 2.46. The first-order valence-corrected chi connectivity index (χ1v) is 6.66. The molecule has 1 saturated carbocycles. The van der Waals surface area contributed by atoms with Crippen molar-refractivity contribution >= 4 is 16.8 Å². The van der Waals surface area contributed by atoms with Crippen molar-refractivity contribution in [1.82, 2.24) is 10.3 Å². The van der Waals surface area contributed by atoms with Gasteiger partial charge in [-0.1, -0.05) is 12.1 Å². The molecule has 2 aromatic rings. The molecule has 1 amide bonds. The standard InChI is InChI=1S/C15H18N2O2/c1-10-3-4-11-8-13(17-12(11)7-10)14(18)16-9-15(19)5-2-6-15/h3-4,7-8,17,19H,2,5-6,9H2,1H3,(H,16,18). The molecule has 0 spiro atoms. The van der Waals surface area contributed by atoms with Gasteiger partial charge in [-0.25, -0.2) is 0 Å². The van der Waals surface area contributed by atoms with E-state index in [1.807, 2.05) is 31.2 Å². The van der Waals surface area contributed by atoms with Crippen LogP contribution in [-0.2, 0) is 0 Å². The average Bonchev–Trinajstić information content (AvgIpc) is 2.76. The van der Waals surface area contributed by atoms with Crippen LogP contribution in [0.5, 0.6) is 0 Å². The van der Waals surface area contributed by atoms with E-state index in [9.17, 15) is 9.90 Å². The lowest BCUT2D eigenvalue weighted by molar-refractivity contribution is -0.0300. The SMILES string of the molecule is Cc1ccc2cc(C(=O)NCC3(O)CCC3)[nH]c2c1. The van der Waals surface area contributed by atoms with Gasteiger partial charge in [-0.3, -0.25) is 4.79 Å². The molecule has 1 aromatic carbocycles. The van der Waals surface area contributed by atoms with E-state index in [0.29, 0.717) is 12.2 Å². The quantitative estimate of drug-likeness (QED) is 0.789. The summed E-state index contributed by atoms with van der Waals surface area (Å²) in [7, 11) is 0. The van der Waals surface area contributed by atoms with Gasteiger partial charge in [-0.2, -0.15) is 0 Å². The summed E-state index contributed by atoms with van der Waals surface area (Å²) in [4.78, 5) is 15.1. The molecule has 0 radical (unpaired) electrons. The second kappa shape index (κ2) is 4.38. The molecule has 1 aliphatic carbocycles. The summed E-state index contributed by atoms with van der Waals surface area (Å²) in [5.41, 5.74) is 1.99. The summed E-state index contributed by atoms with van der Waals surface area (Å²) < 4.78 is 0. The van der Waals surface area contributed by atoms with Crippen LogP contribution < -0.4 is 5.32 Å². The Hall–Kier alpha value is -1.81. The number of aliphatic hydroxyl groups is 1. The van der Waals surface area contributed by atoms with Gasteiger partial charge in [0.1, 0.15) is 5.69 Å². The van der Waals surface area contributed by atoms with Crippen LogP contribution in [-0.4, -0.2) is 28.1 Å². The lowest BCUT2D eigenvalue weighted by Crippen LogP contribution is -2.47. The molecule has 0 bridgehead atoms. The molecule has 1 aliphatic rings. The van der Waals surface area contributed by atoms with Gasteiger partial charge >= 0.3 is 0 Å². The van der Waals surface area contributed by atoms with E-state index in [-0.39, 0.29) is 5.91 Å². The molecular weight excluding hydrogens is 240 g/mol. The van der Waals surface area contributed by atoms with Crippen molar-refractivity contribution in [3.05, 3.63) is 35.5 Å². The number of fused-ring (bicyclic) bond motifs is 1. The maximum Gasteiger partial charge on any atom is 0.267 e. The summed E-state index contributed by atoms with van der Waals surface area (Å²) in [6.07, 6.45) is 2.59. The van der Waals surface area contributed by atoms with Crippen LogP contribution in [0.1, 0.15) is 35.3 Å². The van der Waals surface area contributed by atoms with Gasteiger partial charge in [0.25, 0.3) is 5.91 Å². The Morgan fingerprint density at radius 2 is 2.21 bits per heavy atom. The number of carbonyl (C=O) groups excluding carboxylic acids is 1. The largest absolute Gasteiger partial charge is 0.388 e. The van der Waals surface area contributed by atoms with Gasteiger partial charge in [0.15, 0.2) is 0 Å². The van der Waals surface area contributed by atoms with Gasteiger partial charge < -0.3 is 15.4 Å². The summed E-state index contributed by atoms with van der Waals surface area (Å²) >= 11 is 0. The maximum absolute atomic E-state index is 12.0. The first kappa shape index (κ1) is 12.2. The number of H-pyrrole nitrogens is 1. The van der Waals surface area contributed by atoms with Gasteiger partial charge in [0, 0.05) is 17.4 Å². The fourth-order valence-corrected chi connectivity index (χ4v) is 2.46. The highest BCUT2D eigenvalue weighted by molar-refractivity contribution is 5.98. The van der Waals surface area contributed by atoms with Crippen molar-refractivity contribution in [3.8, 4) is 0 Å². The van der Waals surface area contributed by atoms with Crippen molar-refractivity contribution in [3.63, 3.8) is 0 Å². The van der Waals surface area contributed by atoms with Crippen molar-refractivity contribution < 1.29 is 9.90 Å².